The number of nitriles is 1. The summed E-state index contributed by atoms with van der Waals surface area (Å²) in [6.45, 7) is 1.91. The van der Waals surface area contributed by atoms with Crippen LogP contribution in [0.5, 0.6) is 0 Å². The van der Waals surface area contributed by atoms with Crippen LogP contribution in [0.25, 0.3) is 0 Å². The minimum atomic E-state index is -1.03. The highest BCUT2D eigenvalue weighted by Crippen LogP contribution is 2.25. The van der Waals surface area contributed by atoms with Crippen molar-refractivity contribution in [2.24, 2.45) is 5.73 Å². The minimum Gasteiger partial charge on any atom is -0.309 e. The Balaban J connectivity index is 2.14. The van der Waals surface area contributed by atoms with Gasteiger partial charge in [-0.25, -0.2) is 9.97 Å². The third-order valence-corrected chi connectivity index (χ3v) is 3.74. The molecule has 0 aliphatic heterocycles. The van der Waals surface area contributed by atoms with E-state index >= 15 is 0 Å². The number of benzene rings is 1. The van der Waals surface area contributed by atoms with Gasteiger partial charge < -0.3 is 5.73 Å². The highest BCUT2D eigenvalue weighted by atomic mass is 32.2. The number of nitrogens with zero attached hydrogens (tertiary/aromatic N) is 3. The third kappa shape index (κ3) is 3.31. The summed E-state index contributed by atoms with van der Waals surface area (Å²) in [6.07, 6.45) is 1.71. The molecule has 1 heterocycles. The van der Waals surface area contributed by atoms with Gasteiger partial charge in [-0.15, -0.1) is 0 Å². The monoisotopic (exact) mass is 270 g/mol. The van der Waals surface area contributed by atoms with Gasteiger partial charge in [0.25, 0.3) is 0 Å². The van der Waals surface area contributed by atoms with Crippen molar-refractivity contribution in [2.75, 3.05) is 5.75 Å². The Bertz CT molecular complexity index is 594. The fourth-order valence-electron chi connectivity index (χ4n) is 1.59. The maximum atomic E-state index is 9.34. The molecule has 0 saturated carbocycles. The number of thioether (sulfide) groups is 1. The van der Waals surface area contributed by atoms with Gasteiger partial charge in [-0.2, -0.15) is 5.26 Å². The lowest BCUT2D eigenvalue weighted by Crippen LogP contribution is -2.37. The second kappa shape index (κ2) is 5.83. The average molecular weight is 270 g/mol. The van der Waals surface area contributed by atoms with Crippen molar-refractivity contribution in [3.8, 4) is 6.07 Å². The van der Waals surface area contributed by atoms with E-state index in [2.05, 4.69) is 16.0 Å². The zero-order chi connectivity index (χ0) is 13.7. The maximum Gasteiger partial charge on any atom is 0.187 e. The summed E-state index contributed by atoms with van der Waals surface area (Å²) in [5.41, 5.74) is 6.84. The van der Waals surface area contributed by atoms with Gasteiger partial charge in [0.1, 0.15) is 5.54 Å². The van der Waals surface area contributed by atoms with E-state index < -0.39 is 5.54 Å². The first kappa shape index (κ1) is 13.5. The fourth-order valence-corrected chi connectivity index (χ4v) is 2.52. The summed E-state index contributed by atoms with van der Waals surface area (Å²) in [6, 6.07) is 13.4. The van der Waals surface area contributed by atoms with Gasteiger partial charge in [0.2, 0.25) is 0 Å². The molecule has 19 heavy (non-hydrogen) atoms. The predicted octanol–water partition coefficient (Wildman–Crippen LogP) is 2.25. The van der Waals surface area contributed by atoms with Crippen molar-refractivity contribution in [2.45, 2.75) is 17.6 Å². The van der Waals surface area contributed by atoms with E-state index in [9.17, 15) is 5.26 Å². The molecule has 2 N–H and O–H groups in total. The van der Waals surface area contributed by atoms with Gasteiger partial charge in [-0.05, 0) is 18.6 Å². The molecule has 0 fully saturated rings. The van der Waals surface area contributed by atoms with E-state index in [-0.39, 0.29) is 0 Å². The van der Waals surface area contributed by atoms with Crippen LogP contribution in [0, 0.1) is 18.3 Å². The van der Waals surface area contributed by atoms with Crippen LogP contribution in [0.4, 0.5) is 0 Å². The Morgan fingerprint density at radius 1 is 1.32 bits per heavy atom. The maximum absolute atomic E-state index is 9.34. The Labute approximate surface area is 116 Å². The number of aromatic nitrogens is 2. The van der Waals surface area contributed by atoms with Crippen LogP contribution in [0.15, 0.2) is 47.8 Å². The summed E-state index contributed by atoms with van der Waals surface area (Å²) in [5, 5.41) is 9.98. The van der Waals surface area contributed by atoms with Crippen molar-refractivity contribution < 1.29 is 0 Å². The van der Waals surface area contributed by atoms with Gasteiger partial charge in [0, 0.05) is 17.6 Å². The van der Waals surface area contributed by atoms with Crippen LogP contribution < -0.4 is 5.73 Å². The Morgan fingerprint density at radius 2 is 2.05 bits per heavy atom. The molecule has 1 aromatic carbocycles. The van der Waals surface area contributed by atoms with Crippen LogP contribution in [0.3, 0.4) is 0 Å². The zero-order valence-corrected chi connectivity index (χ0v) is 11.4. The molecule has 0 amide bonds. The second-order valence-corrected chi connectivity index (χ2v) is 5.16. The van der Waals surface area contributed by atoms with Crippen LogP contribution in [0.2, 0.25) is 0 Å². The van der Waals surface area contributed by atoms with Crippen molar-refractivity contribution in [3.63, 3.8) is 0 Å². The lowest BCUT2D eigenvalue weighted by molar-refractivity contribution is 0.657. The van der Waals surface area contributed by atoms with E-state index in [0.29, 0.717) is 10.9 Å². The molecule has 1 atom stereocenters. The molecule has 2 rings (SSSR count). The SMILES string of the molecule is Cc1ccnc(SCC(N)(C#N)c2ccccc2)n1. The van der Waals surface area contributed by atoms with Crippen molar-refractivity contribution in [1.29, 1.82) is 5.26 Å². The van der Waals surface area contributed by atoms with E-state index in [1.165, 1.54) is 11.8 Å². The summed E-state index contributed by atoms with van der Waals surface area (Å²) in [5.74, 6) is 0.414. The highest BCUT2D eigenvalue weighted by molar-refractivity contribution is 7.99. The molecule has 0 saturated heterocycles. The van der Waals surface area contributed by atoms with E-state index in [0.717, 1.165) is 11.3 Å². The third-order valence-electron chi connectivity index (χ3n) is 2.69. The Kier molecular flexibility index (Phi) is 4.15. The van der Waals surface area contributed by atoms with Gasteiger partial charge in [0.15, 0.2) is 5.16 Å². The van der Waals surface area contributed by atoms with E-state index in [1.807, 2.05) is 43.3 Å². The molecule has 5 heteroatoms. The molecular weight excluding hydrogens is 256 g/mol. The molecule has 0 radical (unpaired) electrons. The molecule has 4 nitrogen and oxygen atoms in total. The molecule has 96 valence electrons. The summed E-state index contributed by atoms with van der Waals surface area (Å²) in [4.78, 5) is 8.45. The van der Waals surface area contributed by atoms with Crippen LogP contribution in [-0.4, -0.2) is 15.7 Å². The quantitative estimate of drug-likeness (QED) is 0.681. The summed E-state index contributed by atoms with van der Waals surface area (Å²) < 4.78 is 0. The Morgan fingerprint density at radius 3 is 2.68 bits per heavy atom. The Hall–Kier alpha value is -1.90. The van der Waals surface area contributed by atoms with Crippen LogP contribution >= 0.6 is 11.8 Å². The first-order chi connectivity index (χ1) is 9.14. The smallest absolute Gasteiger partial charge is 0.187 e. The number of aryl methyl sites for hydroxylation is 1. The number of rotatable bonds is 4. The fraction of sp³-hybridized carbons (Fsp3) is 0.214. The average Bonchev–Trinajstić information content (AvgIpc) is 2.46. The van der Waals surface area contributed by atoms with E-state index in [4.69, 9.17) is 5.73 Å². The molecule has 0 aliphatic carbocycles. The second-order valence-electron chi connectivity index (χ2n) is 4.22. The zero-order valence-electron chi connectivity index (χ0n) is 10.6. The van der Waals surface area contributed by atoms with E-state index in [1.54, 1.807) is 6.20 Å². The predicted molar refractivity (Wildman–Crippen MR) is 75.4 cm³/mol. The molecule has 0 spiro atoms. The lowest BCUT2D eigenvalue weighted by Gasteiger charge is -2.21. The van der Waals surface area contributed by atoms with Crippen molar-refractivity contribution in [1.82, 2.24) is 9.97 Å². The highest BCUT2D eigenvalue weighted by Gasteiger charge is 2.27. The van der Waals surface area contributed by atoms with Crippen molar-refractivity contribution in [3.05, 3.63) is 53.9 Å². The molecule has 1 unspecified atom stereocenters. The molecule has 1 aromatic heterocycles. The first-order valence-electron chi connectivity index (χ1n) is 5.82. The number of nitrogens with two attached hydrogens (primary N) is 1. The summed E-state index contributed by atoms with van der Waals surface area (Å²) >= 11 is 1.39. The molecule has 0 aliphatic rings. The lowest BCUT2D eigenvalue weighted by atomic mass is 9.95. The number of hydrogen-bond acceptors (Lipinski definition) is 5. The molecular formula is C14H14N4S. The number of hydrogen-bond donors (Lipinski definition) is 1. The standard InChI is InChI=1S/C14H14N4S/c1-11-7-8-17-13(18-11)19-10-14(16,9-15)12-5-3-2-4-6-12/h2-8H,10,16H2,1H3. The molecule has 0 bridgehead atoms. The first-order valence-corrected chi connectivity index (χ1v) is 6.81. The minimum absolute atomic E-state index is 0.414. The topological polar surface area (TPSA) is 75.6 Å². The van der Waals surface area contributed by atoms with Crippen LogP contribution in [0.1, 0.15) is 11.3 Å². The van der Waals surface area contributed by atoms with Gasteiger partial charge in [0.05, 0.1) is 6.07 Å². The molecule has 2 aromatic rings. The van der Waals surface area contributed by atoms with Gasteiger partial charge in [-0.1, -0.05) is 42.1 Å². The summed E-state index contributed by atoms with van der Waals surface area (Å²) in [7, 11) is 0. The van der Waals surface area contributed by atoms with Crippen LogP contribution in [-0.2, 0) is 5.54 Å². The largest absolute Gasteiger partial charge is 0.309 e. The van der Waals surface area contributed by atoms with Crippen molar-refractivity contribution >= 4 is 11.8 Å². The van der Waals surface area contributed by atoms with Gasteiger partial charge >= 0.3 is 0 Å². The normalized spacial score (nSPS) is 13.5. The van der Waals surface area contributed by atoms with Gasteiger partial charge in [-0.3, -0.25) is 0 Å².